The monoisotopic (exact) mass is 540 g/mol. The number of aromatic nitrogens is 2. The van der Waals surface area contributed by atoms with Gasteiger partial charge in [0, 0.05) is 22.2 Å². The predicted octanol–water partition coefficient (Wildman–Crippen LogP) is 6.55. The van der Waals surface area contributed by atoms with Gasteiger partial charge in [0.15, 0.2) is 23.1 Å². The lowest BCUT2D eigenvalue weighted by atomic mass is 10.3. The third kappa shape index (κ3) is 9.54. The standard InChI is InChI=1S/C13H9ClN2O2.C7H5FN2O.C6H5ClO/c1-17-12-6-10(7-15)16-8-13(12)18-11-4-2-9(14)3-5-11;1-11-7-2-5(3-9)10-4-6(7)8;7-5-1-3-6(8)4-2-5/h2-6,8H,1H3;2,4H,1H3;1-4,8H. The van der Waals surface area contributed by atoms with E-state index in [1.165, 1.54) is 32.5 Å². The molecule has 11 heteroatoms. The minimum Gasteiger partial charge on any atom is -0.508 e. The van der Waals surface area contributed by atoms with Crippen LogP contribution < -0.4 is 14.2 Å². The average Bonchev–Trinajstić information content (AvgIpc) is 2.93. The Hall–Kier alpha value is -4.57. The Kier molecular flexibility index (Phi) is 11.4. The van der Waals surface area contributed by atoms with E-state index in [2.05, 4.69) is 14.7 Å². The van der Waals surface area contributed by atoms with Crippen molar-refractivity contribution in [3.63, 3.8) is 0 Å². The highest BCUT2D eigenvalue weighted by molar-refractivity contribution is 6.30. The molecule has 0 radical (unpaired) electrons. The number of hydrogen-bond acceptors (Lipinski definition) is 8. The summed E-state index contributed by atoms with van der Waals surface area (Å²) >= 11 is 11.3. The summed E-state index contributed by atoms with van der Waals surface area (Å²) in [5.41, 5.74) is 0.415. The van der Waals surface area contributed by atoms with Gasteiger partial charge in [-0.05, 0) is 48.5 Å². The molecule has 2 aromatic carbocycles. The van der Waals surface area contributed by atoms with E-state index in [-0.39, 0.29) is 22.9 Å². The Morgan fingerprint density at radius 2 is 1.24 bits per heavy atom. The highest BCUT2D eigenvalue weighted by Gasteiger charge is 2.08. The van der Waals surface area contributed by atoms with Crippen molar-refractivity contribution < 1.29 is 23.7 Å². The first kappa shape index (κ1) is 28.7. The lowest BCUT2D eigenvalue weighted by Gasteiger charge is -2.09. The van der Waals surface area contributed by atoms with Crippen molar-refractivity contribution in [2.45, 2.75) is 0 Å². The smallest absolute Gasteiger partial charge is 0.187 e. The number of aromatic hydroxyl groups is 1. The molecular formula is C26H19Cl2FN4O4. The molecular weight excluding hydrogens is 522 g/mol. The minimum atomic E-state index is -0.563. The van der Waals surface area contributed by atoms with Crippen molar-refractivity contribution in [2.75, 3.05) is 14.2 Å². The Bertz CT molecular complexity index is 1370. The molecule has 1 N–H and O–H groups in total. The SMILES string of the molecule is COc1cc(C#N)ncc1F.COc1cc(C#N)ncc1Oc1ccc(Cl)cc1.Oc1ccc(Cl)cc1. The van der Waals surface area contributed by atoms with Crippen LogP contribution in [0.5, 0.6) is 28.7 Å². The number of benzene rings is 2. The van der Waals surface area contributed by atoms with Crippen LogP contribution in [0.3, 0.4) is 0 Å². The number of nitrogens with zero attached hydrogens (tertiary/aromatic N) is 4. The quantitative estimate of drug-likeness (QED) is 0.309. The molecule has 0 aliphatic carbocycles. The van der Waals surface area contributed by atoms with E-state index in [9.17, 15) is 4.39 Å². The first-order chi connectivity index (χ1) is 17.8. The topological polar surface area (TPSA) is 121 Å². The summed E-state index contributed by atoms with van der Waals surface area (Å²) in [5, 5.41) is 27.1. The molecule has 37 heavy (non-hydrogen) atoms. The lowest BCUT2D eigenvalue weighted by Crippen LogP contribution is -1.93. The number of rotatable bonds is 4. The van der Waals surface area contributed by atoms with Gasteiger partial charge in [-0.25, -0.2) is 14.4 Å². The van der Waals surface area contributed by atoms with Crippen molar-refractivity contribution in [2.24, 2.45) is 0 Å². The fraction of sp³-hybridized carbons (Fsp3) is 0.0769. The summed E-state index contributed by atoms with van der Waals surface area (Å²) in [6.07, 6.45) is 2.41. The zero-order chi connectivity index (χ0) is 27.2. The Balaban J connectivity index is 0.000000215. The van der Waals surface area contributed by atoms with Crippen molar-refractivity contribution in [3.8, 4) is 40.9 Å². The van der Waals surface area contributed by atoms with Crippen LogP contribution in [0.4, 0.5) is 4.39 Å². The minimum absolute atomic E-state index is 0.0385. The fourth-order valence-electron chi connectivity index (χ4n) is 2.43. The number of ether oxygens (including phenoxy) is 3. The van der Waals surface area contributed by atoms with E-state index in [1.807, 2.05) is 6.07 Å². The van der Waals surface area contributed by atoms with E-state index in [0.717, 1.165) is 6.20 Å². The zero-order valence-electron chi connectivity index (χ0n) is 19.5. The van der Waals surface area contributed by atoms with Crippen molar-refractivity contribution in [3.05, 3.63) is 100 Å². The molecule has 0 atom stereocenters. The van der Waals surface area contributed by atoms with Crippen LogP contribution in [-0.4, -0.2) is 29.3 Å². The maximum atomic E-state index is 12.6. The molecule has 0 saturated heterocycles. The van der Waals surface area contributed by atoms with E-state index < -0.39 is 5.82 Å². The van der Waals surface area contributed by atoms with Crippen LogP contribution in [0.1, 0.15) is 11.4 Å². The number of methoxy groups -OCH3 is 2. The highest BCUT2D eigenvalue weighted by atomic mass is 35.5. The Morgan fingerprint density at radius 3 is 1.73 bits per heavy atom. The van der Waals surface area contributed by atoms with E-state index in [4.69, 9.17) is 48.3 Å². The number of phenols is 1. The Labute approximate surface area is 222 Å². The number of pyridine rings is 2. The third-order valence-electron chi connectivity index (χ3n) is 4.19. The van der Waals surface area contributed by atoms with Gasteiger partial charge in [0.25, 0.3) is 0 Å². The van der Waals surface area contributed by atoms with Crippen molar-refractivity contribution in [1.29, 1.82) is 10.5 Å². The number of hydrogen-bond donors (Lipinski definition) is 1. The summed E-state index contributed by atoms with van der Waals surface area (Å²) in [7, 11) is 2.84. The summed E-state index contributed by atoms with van der Waals surface area (Å²) in [4.78, 5) is 7.42. The van der Waals surface area contributed by atoms with Gasteiger partial charge in [0.05, 0.1) is 26.6 Å². The molecule has 0 unspecified atom stereocenters. The van der Waals surface area contributed by atoms with Crippen LogP contribution in [0.25, 0.3) is 0 Å². The molecule has 0 fully saturated rings. The van der Waals surface area contributed by atoms with Crippen LogP contribution in [0.2, 0.25) is 10.0 Å². The molecule has 0 amide bonds. The van der Waals surface area contributed by atoms with Gasteiger partial charge >= 0.3 is 0 Å². The van der Waals surface area contributed by atoms with E-state index in [1.54, 1.807) is 54.6 Å². The summed E-state index contributed by atoms with van der Waals surface area (Å²) in [6.45, 7) is 0. The first-order valence-electron chi connectivity index (χ1n) is 10.2. The summed E-state index contributed by atoms with van der Waals surface area (Å²) < 4.78 is 28.0. The number of nitriles is 2. The lowest BCUT2D eigenvalue weighted by molar-refractivity contribution is 0.377. The van der Waals surface area contributed by atoms with Gasteiger partial charge in [0.2, 0.25) is 0 Å². The van der Waals surface area contributed by atoms with Crippen LogP contribution in [-0.2, 0) is 0 Å². The van der Waals surface area contributed by atoms with Crippen molar-refractivity contribution >= 4 is 23.2 Å². The van der Waals surface area contributed by atoms with Crippen LogP contribution in [0.15, 0.2) is 73.1 Å². The van der Waals surface area contributed by atoms with Gasteiger partial charge in [0.1, 0.15) is 35.0 Å². The van der Waals surface area contributed by atoms with Gasteiger partial charge in [-0.3, -0.25) is 0 Å². The Morgan fingerprint density at radius 1 is 0.757 bits per heavy atom. The second-order valence-electron chi connectivity index (χ2n) is 6.68. The normalized spacial score (nSPS) is 9.27. The summed E-state index contributed by atoms with van der Waals surface area (Å²) in [6, 6.07) is 19.7. The van der Waals surface area contributed by atoms with Gasteiger partial charge < -0.3 is 19.3 Å². The molecule has 2 heterocycles. The highest BCUT2D eigenvalue weighted by Crippen LogP contribution is 2.31. The van der Waals surface area contributed by atoms with Gasteiger partial charge in [-0.1, -0.05) is 23.2 Å². The molecule has 8 nitrogen and oxygen atoms in total. The van der Waals surface area contributed by atoms with Crippen molar-refractivity contribution in [1.82, 2.24) is 9.97 Å². The third-order valence-corrected chi connectivity index (χ3v) is 4.69. The molecule has 0 aliphatic heterocycles. The second kappa shape index (κ2) is 14.7. The second-order valence-corrected chi connectivity index (χ2v) is 7.55. The van der Waals surface area contributed by atoms with Gasteiger partial charge in [-0.15, -0.1) is 0 Å². The van der Waals surface area contributed by atoms with Crippen LogP contribution >= 0.6 is 23.2 Å². The predicted molar refractivity (Wildman–Crippen MR) is 136 cm³/mol. The summed E-state index contributed by atoms with van der Waals surface area (Å²) in [5.74, 6) is 1.23. The molecule has 0 aliphatic rings. The average molecular weight is 541 g/mol. The fourth-order valence-corrected chi connectivity index (χ4v) is 2.68. The van der Waals surface area contributed by atoms with E-state index >= 15 is 0 Å². The molecule has 4 aromatic rings. The molecule has 188 valence electrons. The van der Waals surface area contributed by atoms with E-state index in [0.29, 0.717) is 27.3 Å². The maximum absolute atomic E-state index is 12.6. The van der Waals surface area contributed by atoms with Gasteiger partial charge in [-0.2, -0.15) is 10.5 Å². The number of halogens is 3. The van der Waals surface area contributed by atoms with Crippen LogP contribution in [0, 0.1) is 28.5 Å². The first-order valence-corrected chi connectivity index (χ1v) is 11.0. The molecule has 0 spiro atoms. The molecule has 0 saturated carbocycles. The molecule has 4 rings (SSSR count). The number of phenolic OH excluding ortho intramolecular Hbond substituents is 1. The largest absolute Gasteiger partial charge is 0.508 e. The molecule has 2 aromatic heterocycles. The zero-order valence-corrected chi connectivity index (χ0v) is 21.0. The maximum Gasteiger partial charge on any atom is 0.187 e. The molecule has 0 bridgehead atoms.